The molecule has 0 rings (SSSR count). The molecule has 0 aliphatic heterocycles. The molecule has 50 valence electrons. The van der Waals surface area contributed by atoms with Crippen LogP contribution in [0.15, 0.2) is 0 Å². The Labute approximate surface area is 55.0 Å². The molecule has 0 radical (unpaired) electrons. The number of halogens is 1. The van der Waals surface area contributed by atoms with E-state index >= 15 is 0 Å². The molecule has 0 saturated heterocycles. The van der Waals surface area contributed by atoms with Crippen molar-refractivity contribution in [3.05, 3.63) is 0 Å². The van der Waals surface area contributed by atoms with Gasteiger partial charge >= 0.3 is 0 Å². The van der Waals surface area contributed by atoms with Gasteiger partial charge in [-0.3, -0.25) is 0 Å². The zero-order valence-corrected chi connectivity index (χ0v) is 5.82. The van der Waals surface area contributed by atoms with Crippen molar-refractivity contribution in [1.82, 2.24) is 0 Å². The SMILES string of the molecule is COCC(N)CCCl. The summed E-state index contributed by atoms with van der Waals surface area (Å²) in [7, 11) is 1.63. The van der Waals surface area contributed by atoms with Gasteiger partial charge in [0.2, 0.25) is 0 Å². The highest BCUT2D eigenvalue weighted by Crippen LogP contribution is 1.89. The van der Waals surface area contributed by atoms with Gasteiger partial charge in [0.15, 0.2) is 0 Å². The van der Waals surface area contributed by atoms with E-state index in [9.17, 15) is 0 Å². The van der Waals surface area contributed by atoms with Crippen LogP contribution >= 0.6 is 11.6 Å². The molecule has 2 N–H and O–H groups in total. The second-order valence-corrected chi connectivity index (χ2v) is 2.07. The van der Waals surface area contributed by atoms with Gasteiger partial charge in [-0.2, -0.15) is 0 Å². The van der Waals surface area contributed by atoms with Crippen LogP contribution in [0.2, 0.25) is 0 Å². The van der Waals surface area contributed by atoms with Crippen LogP contribution < -0.4 is 5.73 Å². The zero-order chi connectivity index (χ0) is 6.41. The third-order valence-corrected chi connectivity index (χ3v) is 1.08. The highest BCUT2D eigenvalue weighted by atomic mass is 35.5. The number of rotatable bonds is 4. The summed E-state index contributed by atoms with van der Waals surface area (Å²) >= 11 is 5.40. The molecule has 3 heteroatoms. The number of alkyl halides is 1. The van der Waals surface area contributed by atoms with Gasteiger partial charge in [0, 0.05) is 19.0 Å². The Kier molecular flexibility index (Phi) is 5.49. The first-order chi connectivity index (χ1) is 3.81. The van der Waals surface area contributed by atoms with Crippen molar-refractivity contribution in [3.8, 4) is 0 Å². The largest absolute Gasteiger partial charge is 0.383 e. The monoisotopic (exact) mass is 137 g/mol. The number of hydrogen-bond donors (Lipinski definition) is 1. The average molecular weight is 138 g/mol. The minimum absolute atomic E-state index is 0.109. The summed E-state index contributed by atoms with van der Waals surface area (Å²) in [6, 6.07) is 0.109. The lowest BCUT2D eigenvalue weighted by molar-refractivity contribution is 0.179. The van der Waals surface area contributed by atoms with E-state index < -0.39 is 0 Å². The molecule has 0 aliphatic carbocycles. The third kappa shape index (κ3) is 4.37. The predicted octanol–water partition coefficient (Wildman–Crippen LogP) is 0.589. The summed E-state index contributed by atoms with van der Waals surface area (Å²) in [6.07, 6.45) is 0.829. The quantitative estimate of drug-likeness (QED) is 0.576. The van der Waals surface area contributed by atoms with Crippen LogP contribution in [0.5, 0.6) is 0 Å². The van der Waals surface area contributed by atoms with Gasteiger partial charge in [0.25, 0.3) is 0 Å². The van der Waals surface area contributed by atoms with Crippen molar-refractivity contribution in [2.75, 3.05) is 19.6 Å². The maximum absolute atomic E-state index is 5.49. The Balaban J connectivity index is 2.92. The smallest absolute Gasteiger partial charge is 0.0614 e. The summed E-state index contributed by atoms with van der Waals surface area (Å²) < 4.78 is 4.77. The molecule has 1 atom stereocenters. The summed E-state index contributed by atoms with van der Waals surface area (Å²) in [6.45, 7) is 0.604. The highest BCUT2D eigenvalue weighted by Gasteiger charge is 1.97. The first-order valence-corrected chi connectivity index (χ1v) is 3.15. The molecule has 0 fully saturated rings. The second-order valence-electron chi connectivity index (χ2n) is 1.69. The van der Waals surface area contributed by atoms with Crippen molar-refractivity contribution in [2.24, 2.45) is 5.73 Å². The van der Waals surface area contributed by atoms with Gasteiger partial charge in [-0.15, -0.1) is 11.6 Å². The Bertz CT molecular complexity index is 45.7. The maximum Gasteiger partial charge on any atom is 0.0614 e. The fourth-order valence-electron chi connectivity index (χ4n) is 0.438. The molecule has 1 unspecified atom stereocenters. The third-order valence-electron chi connectivity index (χ3n) is 0.861. The average Bonchev–Trinajstić information content (AvgIpc) is 1.68. The lowest BCUT2D eigenvalue weighted by Crippen LogP contribution is -2.25. The van der Waals surface area contributed by atoms with E-state index in [4.69, 9.17) is 22.1 Å². The van der Waals surface area contributed by atoms with Crippen LogP contribution in [0.3, 0.4) is 0 Å². The van der Waals surface area contributed by atoms with Crippen molar-refractivity contribution in [3.63, 3.8) is 0 Å². The van der Waals surface area contributed by atoms with E-state index in [-0.39, 0.29) is 6.04 Å². The van der Waals surface area contributed by atoms with E-state index in [1.807, 2.05) is 0 Å². The first-order valence-electron chi connectivity index (χ1n) is 2.61. The Morgan fingerprint density at radius 1 is 1.75 bits per heavy atom. The Morgan fingerprint density at radius 3 is 2.75 bits per heavy atom. The molecule has 0 bridgehead atoms. The summed E-state index contributed by atoms with van der Waals surface area (Å²) in [4.78, 5) is 0. The molecule has 0 saturated carbocycles. The minimum atomic E-state index is 0.109. The van der Waals surface area contributed by atoms with Crippen LogP contribution in [-0.2, 0) is 4.74 Å². The number of nitrogens with two attached hydrogens (primary N) is 1. The molecule has 0 amide bonds. The van der Waals surface area contributed by atoms with Crippen LogP contribution in [0.1, 0.15) is 6.42 Å². The Hall–Kier alpha value is 0.210. The predicted molar refractivity (Wildman–Crippen MR) is 35.2 cm³/mol. The zero-order valence-electron chi connectivity index (χ0n) is 5.06. The number of hydrogen-bond acceptors (Lipinski definition) is 2. The minimum Gasteiger partial charge on any atom is -0.383 e. The molecule has 0 aromatic rings. The van der Waals surface area contributed by atoms with Crippen molar-refractivity contribution in [2.45, 2.75) is 12.5 Å². The van der Waals surface area contributed by atoms with Gasteiger partial charge in [-0.05, 0) is 6.42 Å². The summed E-state index contributed by atoms with van der Waals surface area (Å²) in [5.41, 5.74) is 5.49. The summed E-state index contributed by atoms with van der Waals surface area (Å²) in [5, 5.41) is 0. The van der Waals surface area contributed by atoms with E-state index in [1.165, 1.54) is 0 Å². The van der Waals surface area contributed by atoms with Gasteiger partial charge in [0.1, 0.15) is 0 Å². The lowest BCUT2D eigenvalue weighted by atomic mass is 10.3. The topological polar surface area (TPSA) is 35.2 Å². The van der Waals surface area contributed by atoms with Crippen LogP contribution in [0.4, 0.5) is 0 Å². The second kappa shape index (κ2) is 5.35. The van der Waals surface area contributed by atoms with E-state index in [0.29, 0.717) is 12.5 Å². The van der Waals surface area contributed by atoms with E-state index in [1.54, 1.807) is 7.11 Å². The lowest BCUT2D eigenvalue weighted by Gasteiger charge is -2.05. The van der Waals surface area contributed by atoms with Gasteiger partial charge < -0.3 is 10.5 Å². The Morgan fingerprint density at radius 2 is 2.38 bits per heavy atom. The molecular weight excluding hydrogens is 126 g/mol. The van der Waals surface area contributed by atoms with E-state index in [2.05, 4.69) is 0 Å². The first kappa shape index (κ1) is 8.21. The van der Waals surface area contributed by atoms with Crippen molar-refractivity contribution >= 4 is 11.6 Å². The fraction of sp³-hybridized carbons (Fsp3) is 1.00. The highest BCUT2D eigenvalue weighted by molar-refractivity contribution is 6.17. The van der Waals surface area contributed by atoms with Crippen LogP contribution in [0.25, 0.3) is 0 Å². The molecule has 8 heavy (non-hydrogen) atoms. The van der Waals surface area contributed by atoms with Gasteiger partial charge in [-0.25, -0.2) is 0 Å². The molecule has 0 aromatic carbocycles. The molecule has 0 heterocycles. The molecule has 0 spiro atoms. The van der Waals surface area contributed by atoms with Crippen molar-refractivity contribution < 1.29 is 4.74 Å². The van der Waals surface area contributed by atoms with Gasteiger partial charge in [-0.1, -0.05) is 0 Å². The molecular formula is C5H12ClNO. The molecule has 0 aromatic heterocycles. The molecule has 0 aliphatic rings. The maximum atomic E-state index is 5.49. The van der Waals surface area contributed by atoms with E-state index in [0.717, 1.165) is 6.42 Å². The number of ether oxygens (including phenoxy) is 1. The number of methoxy groups -OCH3 is 1. The summed E-state index contributed by atoms with van der Waals surface area (Å²) in [5.74, 6) is 0.616. The molecule has 2 nitrogen and oxygen atoms in total. The standard InChI is InChI=1S/C5H12ClNO/c1-8-4-5(7)2-3-6/h5H,2-4,7H2,1H3. The van der Waals surface area contributed by atoms with Crippen LogP contribution in [-0.4, -0.2) is 25.6 Å². The van der Waals surface area contributed by atoms with Crippen LogP contribution in [0, 0.1) is 0 Å². The fourth-order valence-corrected chi connectivity index (χ4v) is 0.718. The normalized spacial score (nSPS) is 13.9. The van der Waals surface area contributed by atoms with Crippen molar-refractivity contribution in [1.29, 1.82) is 0 Å². The van der Waals surface area contributed by atoms with Gasteiger partial charge in [0.05, 0.1) is 6.61 Å².